The van der Waals surface area contributed by atoms with Crippen molar-refractivity contribution < 1.29 is 18.4 Å². The van der Waals surface area contributed by atoms with Crippen molar-refractivity contribution in [2.45, 2.75) is 25.3 Å². The van der Waals surface area contributed by atoms with Gasteiger partial charge in [0.1, 0.15) is 0 Å². The maximum absolute atomic E-state index is 13.2. The Morgan fingerprint density at radius 3 is 2.16 bits per heavy atom. The topological polar surface area (TPSA) is 52.7 Å². The summed E-state index contributed by atoms with van der Waals surface area (Å²) in [5.41, 5.74) is 1.71. The summed E-state index contributed by atoms with van der Waals surface area (Å²) in [6.07, 6.45) is -0.450. The van der Waals surface area contributed by atoms with E-state index in [1.165, 1.54) is 0 Å². The second-order valence-electron chi connectivity index (χ2n) is 6.48. The van der Waals surface area contributed by atoms with Crippen LogP contribution in [0.2, 0.25) is 0 Å². The summed E-state index contributed by atoms with van der Waals surface area (Å²) < 4.78 is 26.4. The van der Waals surface area contributed by atoms with Gasteiger partial charge in [-0.1, -0.05) is 17.7 Å². The van der Waals surface area contributed by atoms with E-state index in [2.05, 4.69) is 5.32 Å². The highest BCUT2D eigenvalue weighted by Crippen LogP contribution is 2.26. The highest BCUT2D eigenvalue weighted by Gasteiger charge is 2.43. The number of hydrogen-bond donors (Lipinski definition) is 1. The molecule has 1 aromatic rings. The summed E-state index contributed by atoms with van der Waals surface area (Å²) in [5, 5.41) is 2.59. The van der Waals surface area contributed by atoms with Crippen LogP contribution in [0.3, 0.4) is 0 Å². The van der Waals surface area contributed by atoms with Crippen LogP contribution in [0.5, 0.6) is 0 Å². The highest BCUT2D eigenvalue weighted by atomic mass is 35.5. The second kappa shape index (κ2) is 7.66. The Hall–Kier alpha value is -1.73. The zero-order valence-corrected chi connectivity index (χ0v) is 14.8. The molecule has 0 spiro atoms. The van der Waals surface area contributed by atoms with Crippen molar-refractivity contribution in [1.82, 2.24) is 15.1 Å². The van der Waals surface area contributed by atoms with E-state index in [0.29, 0.717) is 31.7 Å². The average Bonchev–Trinajstić information content (AvgIpc) is 2.94. The molecule has 2 heterocycles. The van der Waals surface area contributed by atoms with Gasteiger partial charge in [-0.15, -0.1) is 12.4 Å². The molecule has 25 heavy (non-hydrogen) atoms. The molecular formula is C17H22ClF2N3O2. The van der Waals surface area contributed by atoms with Crippen molar-refractivity contribution in [3.8, 4) is 0 Å². The minimum absolute atomic E-state index is 0. The molecule has 2 aliphatic rings. The van der Waals surface area contributed by atoms with Crippen LogP contribution in [0.15, 0.2) is 24.3 Å². The van der Waals surface area contributed by atoms with E-state index >= 15 is 0 Å². The quantitative estimate of drug-likeness (QED) is 0.858. The zero-order chi connectivity index (χ0) is 17.3. The first kappa shape index (κ1) is 19.6. The largest absolute Gasteiger partial charge is 0.338 e. The predicted octanol–water partition coefficient (Wildman–Crippen LogP) is 1.70. The monoisotopic (exact) mass is 373 g/mol. The lowest BCUT2D eigenvalue weighted by molar-refractivity contribution is -0.135. The van der Waals surface area contributed by atoms with Crippen LogP contribution in [0.4, 0.5) is 8.78 Å². The Morgan fingerprint density at radius 2 is 1.64 bits per heavy atom. The van der Waals surface area contributed by atoms with Crippen LogP contribution in [-0.4, -0.2) is 66.3 Å². The zero-order valence-electron chi connectivity index (χ0n) is 14.0. The van der Waals surface area contributed by atoms with E-state index in [9.17, 15) is 18.4 Å². The minimum Gasteiger partial charge on any atom is -0.338 e. The van der Waals surface area contributed by atoms with Crippen molar-refractivity contribution in [2.24, 2.45) is 0 Å². The fraction of sp³-hybridized carbons (Fsp3) is 0.529. The van der Waals surface area contributed by atoms with Crippen molar-refractivity contribution >= 4 is 24.2 Å². The van der Waals surface area contributed by atoms with Crippen molar-refractivity contribution in [3.05, 3.63) is 35.4 Å². The highest BCUT2D eigenvalue weighted by molar-refractivity contribution is 5.94. The number of nitrogens with zero attached hydrogens (tertiary/aromatic N) is 2. The van der Waals surface area contributed by atoms with Gasteiger partial charge in [0.05, 0.1) is 12.6 Å². The molecule has 1 N–H and O–H groups in total. The lowest BCUT2D eigenvalue weighted by Gasteiger charge is -2.36. The average molecular weight is 374 g/mol. The normalized spacial score (nSPS) is 22.4. The van der Waals surface area contributed by atoms with Gasteiger partial charge < -0.3 is 9.80 Å². The van der Waals surface area contributed by atoms with Crippen LogP contribution in [0, 0.1) is 6.92 Å². The molecule has 2 fully saturated rings. The van der Waals surface area contributed by atoms with Crippen molar-refractivity contribution in [1.29, 1.82) is 0 Å². The van der Waals surface area contributed by atoms with E-state index in [1.807, 2.05) is 19.1 Å². The Kier molecular flexibility index (Phi) is 6.00. The predicted molar refractivity (Wildman–Crippen MR) is 92.3 cm³/mol. The van der Waals surface area contributed by atoms with Gasteiger partial charge in [0.15, 0.2) is 0 Å². The lowest BCUT2D eigenvalue weighted by Crippen LogP contribution is -2.54. The van der Waals surface area contributed by atoms with Gasteiger partial charge in [-0.25, -0.2) is 8.78 Å². The van der Waals surface area contributed by atoms with Crippen molar-refractivity contribution in [2.75, 3.05) is 32.7 Å². The van der Waals surface area contributed by atoms with Crippen LogP contribution in [-0.2, 0) is 4.79 Å². The van der Waals surface area contributed by atoms with Crippen LogP contribution < -0.4 is 5.32 Å². The standard InChI is InChI=1S/C17H21F2N3O2.ClH/c1-12-2-4-13(5-3-12)15(23)21-6-8-22(9-7-21)16(24)14-10-17(18,19)11-20-14;/h2-5,14,20H,6-11H2,1H3;1H. The van der Waals surface area contributed by atoms with Gasteiger partial charge in [0.25, 0.3) is 11.8 Å². The first-order chi connectivity index (χ1) is 11.4. The third-order valence-electron chi connectivity index (χ3n) is 4.59. The number of hydrogen-bond acceptors (Lipinski definition) is 3. The number of carbonyl (C=O) groups excluding carboxylic acids is 2. The van der Waals surface area contributed by atoms with E-state index in [4.69, 9.17) is 0 Å². The summed E-state index contributed by atoms with van der Waals surface area (Å²) in [7, 11) is 0. The number of halogens is 3. The number of benzene rings is 1. The van der Waals surface area contributed by atoms with E-state index < -0.39 is 24.9 Å². The fourth-order valence-electron chi connectivity index (χ4n) is 3.12. The molecule has 1 atom stereocenters. The molecule has 0 aromatic heterocycles. The van der Waals surface area contributed by atoms with Gasteiger partial charge in [-0.3, -0.25) is 14.9 Å². The van der Waals surface area contributed by atoms with Crippen LogP contribution in [0.1, 0.15) is 22.3 Å². The first-order valence-corrected chi connectivity index (χ1v) is 8.12. The molecule has 2 aliphatic heterocycles. The summed E-state index contributed by atoms with van der Waals surface area (Å²) in [6, 6.07) is 6.54. The van der Waals surface area contributed by atoms with E-state index in [1.54, 1.807) is 21.9 Å². The number of aryl methyl sites for hydroxylation is 1. The first-order valence-electron chi connectivity index (χ1n) is 8.12. The van der Waals surface area contributed by atoms with Crippen molar-refractivity contribution in [3.63, 3.8) is 0 Å². The number of piperazine rings is 1. The maximum Gasteiger partial charge on any atom is 0.262 e. The number of rotatable bonds is 2. The van der Waals surface area contributed by atoms with Gasteiger partial charge in [0.2, 0.25) is 5.91 Å². The van der Waals surface area contributed by atoms with Crippen LogP contribution >= 0.6 is 12.4 Å². The lowest BCUT2D eigenvalue weighted by atomic mass is 10.1. The summed E-state index contributed by atoms with van der Waals surface area (Å²) in [6.45, 7) is 3.10. The molecule has 2 saturated heterocycles. The molecule has 5 nitrogen and oxygen atoms in total. The third-order valence-corrected chi connectivity index (χ3v) is 4.59. The second-order valence-corrected chi connectivity index (χ2v) is 6.48. The third kappa shape index (κ3) is 4.46. The summed E-state index contributed by atoms with van der Waals surface area (Å²) in [4.78, 5) is 28.0. The number of nitrogens with one attached hydrogen (secondary N) is 1. The smallest absolute Gasteiger partial charge is 0.262 e. The van der Waals surface area contributed by atoms with E-state index in [0.717, 1.165) is 5.56 Å². The molecule has 0 aliphatic carbocycles. The number of alkyl halides is 2. The Bertz CT molecular complexity index is 631. The number of amides is 2. The molecule has 1 aromatic carbocycles. The Labute approximate surface area is 151 Å². The molecule has 8 heteroatoms. The molecule has 0 bridgehead atoms. The van der Waals surface area contributed by atoms with Gasteiger partial charge in [0, 0.05) is 38.2 Å². The van der Waals surface area contributed by atoms with Gasteiger partial charge in [-0.05, 0) is 19.1 Å². The molecule has 138 valence electrons. The summed E-state index contributed by atoms with van der Waals surface area (Å²) >= 11 is 0. The van der Waals surface area contributed by atoms with Crippen LogP contribution in [0.25, 0.3) is 0 Å². The Balaban J connectivity index is 0.00000225. The molecule has 0 radical (unpaired) electrons. The molecular weight excluding hydrogens is 352 g/mol. The van der Waals surface area contributed by atoms with E-state index in [-0.39, 0.29) is 24.2 Å². The fourth-order valence-corrected chi connectivity index (χ4v) is 3.12. The molecule has 2 amide bonds. The Morgan fingerprint density at radius 1 is 1.08 bits per heavy atom. The summed E-state index contributed by atoms with van der Waals surface area (Å²) in [5.74, 6) is -3.17. The molecule has 0 saturated carbocycles. The molecule has 3 rings (SSSR count). The maximum atomic E-state index is 13.2. The number of carbonyl (C=O) groups is 2. The van der Waals surface area contributed by atoms with Gasteiger partial charge >= 0.3 is 0 Å². The SMILES string of the molecule is Cc1ccc(C(=O)N2CCN(C(=O)C3CC(F)(F)CN3)CC2)cc1.Cl. The minimum atomic E-state index is -2.82. The molecule has 1 unspecified atom stereocenters. The van der Waals surface area contributed by atoms with Gasteiger partial charge in [-0.2, -0.15) is 0 Å².